The van der Waals surface area contributed by atoms with E-state index in [9.17, 15) is 9.59 Å². The third-order valence-corrected chi connectivity index (χ3v) is 4.07. The summed E-state index contributed by atoms with van der Waals surface area (Å²) in [6.45, 7) is 0.260. The lowest BCUT2D eigenvalue weighted by Gasteiger charge is -2.32. The van der Waals surface area contributed by atoms with Gasteiger partial charge >= 0.3 is 0 Å². The highest BCUT2D eigenvalue weighted by atomic mass is 35.5. The van der Waals surface area contributed by atoms with Crippen molar-refractivity contribution in [2.75, 3.05) is 14.2 Å². The van der Waals surface area contributed by atoms with Crippen molar-refractivity contribution < 1.29 is 18.7 Å². The summed E-state index contributed by atoms with van der Waals surface area (Å²) >= 11 is 0. The first-order chi connectivity index (χ1) is 10.5. The zero-order chi connectivity index (χ0) is 16.1. The fourth-order valence-corrected chi connectivity index (χ4v) is 2.70. The van der Waals surface area contributed by atoms with E-state index in [2.05, 4.69) is 10.6 Å². The normalized spacial score (nSPS) is 23.7. The lowest BCUT2D eigenvalue weighted by molar-refractivity contribution is -0.128. The Morgan fingerprint density at radius 1 is 1.39 bits per heavy atom. The van der Waals surface area contributed by atoms with Gasteiger partial charge in [0.15, 0.2) is 5.76 Å². The van der Waals surface area contributed by atoms with Crippen LogP contribution in [0.1, 0.15) is 35.6 Å². The first-order valence-corrected chi connectivity index (χ1v) is 7.42. The first kappa shape index (κ1) is 19.5. The van der Waals surface area contributed by atoms with Crippen LogP contribution >= 0.6 is 12.4 Å². The van der Waals surface area contributed by atoms with Crippen LogP contribution in [-0.2, 0) is 16.1 Å². The highest BCUT2D eigenvalue weighted by molar-refractivity contribution is 5.91. The molecule has 0 saturated heterocycles. The second kappa shape index (κ2) is 8.90. The molecule has 0 unspecified atom stereocenters. The third-order valence-electron chi connectivity index (χ3n) is 4.07. The molecule has 1 aromatic rings. The molecular formula is C15H24ClN3O4. The molecule has 0 aromatic carbocycles. The standard InChI is InChI=1S/C15H23N3O4.ClH/c1-17-15(20)12-6-4-10(22-12)8-18-14(19)9-3-5-11(16)13(7-9)21-2;/h4,6,9,11,13H,3,5,7-8,16H2,1-2H3,(H,17,20)(H,18,19);1H/t9-,11-,13-;/m0./s1. The number of carbonyl (C=O) groups excluding carboxylic acids is 2. The molecule has 1 aliphatic rings. The Bertz CT molecular complexity index is 535. The zero-order valence-electron chi connectivity index (χ0n) is 13.3. The fourth-order valence-electron chi connectivity index (χ4n) is 2.70. The highest BCUT2D eigenvalue weighted by Crippen LogP contribution is 2.25. The van der Waals surface area contributed by atoms with Gasteiger partial charge in [0.05, 0.1) is 12.6 Å². The van der Waals surface area contributed by atoms with Gasteiger partial charge in [-0.2, -0.15) is 0 Å². The number of nitrogens with one attached hydrogen (secondary N) is 2. The number of rotatable bonds is 5. The summed E-state index contributed by atoms with van der Waals surface area (Å²) in [4.78, 5) is 23.6. The van der Waals surface area contributed by atoms with E-state index in [-0.39, 0.29) is 54.6 Å². The van der Waals surface area contributed by atoms with Crippen LogP contribution in [-0.4, -0.2) is 38.1 Å². The maximum absolute atomic E-state index is 12.2. The molecule has 130 valence electrons. The second-order valence-electron chi connectivity index (χ2n) is 5.51. The van der Waals surface area contributed by atoms with Crippen LogP contribution < -0.4 is 16.4 Å². The van der Waals surface area contributed by atoms with Gasteiger partial charge < -0.3 is 25.5 Å². The number of amides is 2. The Balaban J connectivity index is 0.00000264. The number of hydrogen-bond donors (Lipinski definition) is 3. The minimum Gasteiger partial charge on any atom is -0.454 e. The van der Waals surface area contributed by atoms with Crippen molar-refractivity contribution in [2.24, 2.45) is 11.7 Å². The summed E-state index contributed by atoms with van der Waals surface area (Å²) in [6, 6.07) is 3.26. The highest BCUT2D eigenvalue weighted by Gasteiger charge is 2.32. The number of halogens is 1. The van der Waals surface area contributed by atoms with Gasteiger partial charge in [0, 0.05) is 26.1 Å². The number of nitrogens with two attached hydrogens (primary N) is 1. The molecule has 1 saturated carbocycles. The van der Waals surface area contributed by atoms with Crippen LogP contribution in [0.5, 0.6) is 0 Å². The van der Waals surface area contributed by atoms with Crippen LogP contribution in [0.4, 0.5) is 0 Å². The van der Waals surface area contributed by atoms with Crippen molar-refractivity contribution >= 4 is 24.2 Å². The molecular weight excluding hydrogens is 322 g/mol. The van der Waals surface area contributed by atoms with Gasteiger partial charge in [0.1, 0.15) is 5.76 Å². The van der Waals surface area contributed by atoms with Crippen LogP contribution in [0.3, 0.4) is 0 Å². The molecule has 0 aliphatic heterocycles. The van der Waals surface area contributed by atoms with Crippen LogP contribution in [0.25, 0.3) is 0 Å². The summed E-state index contributed by atoms with van der Waals surface area (Å²) in [6.07, 6.45) is 2.09. The summed E-state index contributed by atoms with van der Waals surface area (Å²) in [5.74, 6) is 0.351. The Labute approximate surface area is 141 Å². The maximum atomic E-state index is 12.2. The summed E-state index contributed by atoms with van der Waals surface area (Å²) in [7, 11) is 3.15. The zero-order valence-corrected chi connectivity index (χ0v) is 14.2. The van der Waals surface area contributed by atoms with Gasteiger partial charge in [-0.3, -0.25) is 9.59 Å². The van der Waals surface area contributed by atoms with Crippen LogP contribution in [0.2, 0.25) is 0 Å². The van der Waals surface area contributed by atoms with E-state index in [4.69, 9.17) is 14.9 Å². The molecule has 0 bridgehead atoms. The molecule has 7 nitrogen and oxygen atoms in total. The molecule has 1 aromatic heterocycles. The molecule has 8 heteroatoms. The van der Waals surface area contributed by atoms with E-state index < -0.39 is 0 Å². The van der Waals surface area contributed by atoms with Gasteiger partial charge in [0.2, 0.25) is 5.91 Å². The average molecular weight is 346 g/mol. The lowest BCUT2D eigenvalue weighted by atomic mass is 9.83. The molecule has 2 rings (SSSR count). The first-order valence-electron chi connectivity index (χ1n) is 7.42. The van der Waals surface area contributed by atoms with Gasteiger partial charge in [0.25, 0.3) is 5.91 Å². The summed E-state index contributed by atoms with van der Waals surface area (Å²) < 4.78 is 10.7. The minimum atomic E-state index is -0.290. The Kier molecular flexibility index (Phi) is 7.54. The predicted molar refractivity (Wildman–Crippen MR) is 87.3 cm³/mol. The molecule has 0 spiro atoms. The van der Waals surface area contributed by atoms with Gasteiger partial charge in [-0.25, -0.2) is 0 Å². The number of ether oxygens (including phenoxy) is 1. The van der Waals surface area contributed by atoms with E-state index in [1.54, 1.807) is 19.2 Å². The number of carbonyl (C=O) groups is 2. The van der Waals surface area contributed by atoms with Gasteiger partial charge in [-0.1, -0.05) is 0 Å². The Morgan fingerprint density at radius 3 is 2.78 bits per heavy atom. The minimum absolute atomic E-state index is 0. The van der Waals surface area contributed by atoms with Gasteiger partial charge in [-0.15, -0.1) is 12.4 Å². The van der Waals surface area contributed by atoms with Gasteiger partial charge in [-0.05, 0) is 31.4 Å². The van der Waals surface area contributed by atoms with E-state index in [0.717, 1.165) is 12.8 Å². The number of furan rings is 1. The van der Waals surface area contributed by atoms with E-state index >= 15 is 0 Å². The molecule has 3 atom stereocenters. The average Bonchev–Trinajstić information content (AvgIpc) is 3.01. The smallest absolute Gasteiger partial charge is 0.286 e. The predicted octanol–water partition coefficient (Wildman–Crippen LogP) is 0.820. The molecule has 0 radical (unpaired) electrons. The van der Waals surface area contributed by atoms with E-state index in [1.165, 1.54) is 7.05 Å². The van der Waals surface area contributed by atoms with E-state index in [1.807, 2.05) is 0 Å². The topological polar surface area (TPSA) is 107 Å². The number of hydrogen-bond acceptors (Lipinski definition) is 5. The van der Waals surface area contributed by atoms with Crippen molar-refractivity contribution in [3.05, 3.63) is 23.7 Å². The molecule has 1 heterocycles. The second-order valence-corrected chi connectivity index (χ2v) is 5.51. The molecule has 4 N–H and O–H groups in total. The van der Waals surface area contributed by atoms with Crippen LogP contribution in [0.15, 0.2) is 16.5 Å². The molecule has 1 fully saturated rings. The monoisotopic (exact) mass is 345 g/mol. The van der Waals surface area contributed by atoms with Crippen molar-refractivity contribution in [3.8, 4) is 0 Å². The van der Waals surface area contributed by atoms with Crippen molar-refractivity contribution in [3.63, 3.8) is 0 Å². The lowest BCUT2D eigenvalue weighted by Crippen LogP contribution is -2.45. The third kappa shape index (κ3) is 4.95. The molecule has 2 amide bonds. The Hall–Kier alpha value is -1.57. The molecule has 23 heavy (non-hydrogen) atoms. The summed E-state index contributed by atoms with van der Waals surface area (Å²) in [5.41, 5.74) is 5.95. The number of methoxy groups -OCH3 is 1. The maximum Gasteiger partial charge on any atom is 0.286 e. The van der Waals surface area contributed by atoms with Crippen molar-refractivity contribution in [1.29, 1.82) is 0 Å². The van der Waals surface area contributed by atoms with Crippen molar-refractivity contribution in [1.82, 2.24) is 10.6 Å². The fraction of sp³-hybridized carbons (Fsp3) is 0.600. The Morgan fingerprint density at radius 2 is 2.13 bits per heavy atom. The molecule has 1 aliphatic carbocycles. The largest absolute Gasteiger partial charge is 0.454 e. The summed E-state index contributed by atoms with van der Waals surface area (Å²) in [5, 5.41) is 5.32. The van der Waals surface area contributed by atoms with Crippen LogP contribution in [0, 0.1) is 5.92 Å². The SMILES string of the molecule is CNC(=O)c1ccc(CNC(=O)[C@H]2CC[C@H](N)[C@@H](OC)C2)o1.Cl. The quantitative estimate of drug-likeness (QED) is 0.732. The van der Waals surface area contributed by atoms with Crippen molar-refractivity contribution in [2.45, 2.75) is 38.0 Å². The van der Waals surface area contributed by atoms with E-state index in [0.29, 0.717) is 12.2 Å².